The Balaban J connectivity index is 2.30. The summed E-state index contributed by atoms with van der Waals surface area (Å²) in [4.78, 5) is 23.1. The summed E-state index contributed by atoms with van der Waals surface area (Å²) in [5, 5.41) is 11.2. The van der Waals surface area contributed by atoms with Gasteiger partial charge in [0.05, 0.1) is 0 Å². The Morgan fingerprint density at radius 1 is 1.37 bits per heavy atom. The SMILES string of the molecule is CC[C@H](NC(=O)CCSc1ccc(F)cc1)C(=O)O. The van der Waals surface area contributed by atoms with Gasteiger partial charge in [0.2, 0.25) is 5.91 Å². The number of carbonyl (C=O) groups excluding carboxylic acids is 1. The molecular weight excluding hydrogens is 269 g/mol. The van der Waals surface area contributed by atoms with Crippen LogP contribution in [0.1, 0.15) is 19.8 Å². The first-order valence-electron chi connectivity index (χ1n) is 5.93. The molecule has 0 saturated heterocycles. The molecule has 0 unspecified atom stereocenters. The Hall–Kier alpha value is -1.56. The number of carboxylic acids is 1. The molecular formula is C13H16FNO3S. The van der Waals surface area contributed by atoms with Crippen LogP contribution in [0.15, 0.2) is 29.2 Å². The quantitative estimate of drug-likeness (QED) is 0.754. The number of carbonyl (C=O) groups is 2. The fourth-order valence-electron chi connectivity index (χ4n) is 1.40. The molecule has 0 aromatic heterocycles. The third-order valence-electron chi connectivity index (χ3n) is 2.45. The highest BCUT2D eigenvalue weighted by Gasteiger charge is 2.16. The number of aliphatic carboxylic acids is 1. The summed E-state index contributed by atoms with van der Waals surface area (Å²) in [5.41, 5.74) is 0. The van der Waals surface area contributed by atoms with Crippen LogP contribution in [0.2, 0.25) is 0 Å². The van der Waals surface area contributed by atoms with Crippen LogP contribution in [-0.2, 0) is 9.59 Å². The van der Waals surface area contributed by atoms with Crippen molar-refractivity contribution in [1.82, 2.24) is 5.32 Å². The van der Waals surface area contributed by atoms with Gasteiger partial charge in [-0.15, -0.1) is 11.8 Å². The molecule has 2 N–H and O–H groups in total. The zero-order valence-corrected chi connectivity index (χ0v) is 11.4. The van der Waals surface area contributed by atoms with E-state index < -0.39 is 12.0 Å². The molecule has 6 heteroatoms. The Morgan fingerprint density at radius 3 is 2.53 bits per heavy atom. The van der Waals surface area contributed by atoms with Gasteiger partial charge in [0, 0.05) is 17.1 Å². The highest BCUT2D eigenvalue weighted by Crippen LogP contribution is 2.18. The number of benzene rings is 1. The summed E-state index contributed by atoms with van der Waals surface area (Å²) < 4.78 is 12.7. The van der Waals surface area contributed by atoms with E-state index in [1.54, 1.807) is 19.1 Å². The second-order valence-electron chi connectivity index (χ2n) is 3.92. The van der Waals surface area contributed by atoms with Crippen LogP contribution in [0.3, 0.4) is 0 Å². The summed E-state index contributed by atoms with van der Waals surface area (Å²) in [5.74, 6) is -1.09. The van der Waals surface area contributed by atoms with E-state index in [9.17, 15) is 14.0 Å². The molecule has 1 aromatic carbocycles. The smallest absolute Gasteiger partial charge is 0.326 e. The molecule has 1 atom stereocenters. The number of amides is 1. The van der Waals surface area contributed by atoms with E-state index in [1.165, 1.54) is 23.9 Å². The van der Waals surface area contributed by atoms with Crippen molar-refractivity contribution in [2.24, 2.45) is 0 Å². The standard InChI is InChI=1S/C13H16FNO3S/c1-2-11(13(17)18)15-12(16)7-8-19-10-5-3-9(14)4-6-10/h3-6,11H,2,7-8H2,1H3,(H,15,16)(H,17,18)/t11-/m0/s1. The van der Waals surface area contributed by atoms with E-state index in [1.807, 2.05) is 0 Å². The number of rotatable bonds is 7. The number of carboxylic acid groups (broad SMARTS) is 1. The van der Waals surface area contributed by atoms with Crippen molar-refractivity contribution in [3.63, 3.8) is 0 Å². The van der Waals surface area contributed by atoms with Gasteiger partial charge in [-0.05, 0) is 30.7 Å². The average Bonchev–Trinajstić information content (AvgIpc) is 2.38. The fraction of sp³-hybridized carbons (Fsp3) is 0.385. The second kappa shape index (κ2) is 7.78. The van der Waals surface area contributed by atoms with E-state index >= 15 is 0 Å². The average molecular weight is 285 g/mol. The summed E-state index contributed by atoms with van der Waals surface area (Å²) in [6.07, 6.45) is 0.581. The van der Waals surface area contributed by atoms with E-state index in [0.717, 1.165) is 4.90 Å². The molecule has 0 radical (unpaired) electrons. The molecule has 104 valence electrons. The summed E-state index contributed by atoms with van der Waals surface area (Å²) in [7, 11) is 0. The lowest BCUT2D eigenvalue weighted by Crippen LogP contribution is -2.40. The number of halogens is 1. The molecule has 0 saturated carbocycles. The normalized spacial score (nSPS) is 11.9. The van der Waals surface area contributed by atoms with Gasteiger partial charge in [0.25, 0.3) is 0 Å². The van der Waals surface area contributed by atoms with Crippen LogP contribution in [0.25, 0.3) is 0 Å². The van der Waals surface area contributed by atoms with Crippen molar-refractivity contribution in [3.8, 4) is 0 Å². The Labute approximate surface area is 115 Å². The number of thioether (sulfide) groups is 1. The third-order valence-corrected chi connectivity index (χ3v) is 3.47. The number of nitrogens with one attached hydrogen (secondary N) is 1. The Bertz CT molecular complexity index is 436. The second-order valence-corrected chi connectivity index (χ2v) is 5.09. The topological polar surface area (TPSA) is 66.4 Å². The van der Waals surface area contributed by atoms with Gasteiger partial charge in [-0.2, -0.15) is 0 Å². The molecule has 19 heavy (non-hydrogen) atoms. The highest BCUT2D eigenvalue weighted by atomic mass is 32.2. The zero-order valence-electron chi connectivity index (χ0n) is 10.6. The number of hydrogen-bond donors (Lipinski definition) is 2. The zero-order chi connectivity index (χ0) is 14.3. The highest BCUT2D eigenvalue weighted by molar-refractivity contribution is 7.99. The molecule has 4 nitrogen and oxygen atoms in total. The molecule has 0 spiro atoms. The van der Waals surface area contributed by atoms with Crippen molar-refractivity contribution < 1.29 is 19.1 Å². The van der Waals surface area contributed by atoms with Crippen molar-refractivity contribution in [3.05, 3.63) is 30.1 Å². The molecule has 0 fully saturated rings. The molecule has 0 aliphatic rings. The van der Waals surface area contributed by atoms with Gasteiger partial charge in [0.15, 0.2) is 0 Å². The van der Waals surface area contributed by atoms with Crippen LogP contribution in [0.4, 0.5) is 4.39 Å². The Kier molecular flexibility index (Phi) is 6.35. The van der Waals surface area contributed by atoms with E-state index in [-0.39, 0.29) is 18.1 Å². The molecule has 1 amide bonds. The number of hydrogen-bond acceptors (Lipinski definition) is 3. The molecule has 0 bridgehead atoms. The van der Waals surface area contributed by atoms with E-state index in [4.69, 9.17) is 5.11 Å². The van der Waals surface area contributed by atoms with E-state index in [0.29, 0.717) is 12.2 Å². The lowest BCUT2D eigenvalue weighted by Gasteiger charge is -2.11. The lowest BCUT2D eigenvalue weighted by atomic mass is 10.2. The fourth-order valence-corrected chi connectivity index (χ4v) is 2.25. The largest absolute Gasteiger partial charge is 0.480 e. The summed E-state index contributed by atoms with van der Waals surface area (Å²) in [6, 6.07) is 5.18. The van der Waals surface area contributed by atoms with Crippen molar-refractivity contribution in [2.75, 3.05) is 5.75 Å². The van der Waals surface area contributed by atoms with Crippen LogP contribution in [0.5, 0.6) is 0 Å². The predicted octanol–water partition coefficient (Wildman–Crippen LogP) is 2.29. The van der Waals surface area contributed by atoms with Gasteiger partial charge < -0.3 is 10.4 Å². The monoisotopic (exact) mass is 285 g/mol. The summed E-state index contributed by atoms with van der Waals surface area (Å²) in [6.45, 7) is 1.70. The van der Waals surface area contributed by atoms with E-state index in [2.05, 4.69) is 5.32 Å². The minimum Gasteiger partial charge on any atom is -0.480 e. The maximum Gasteiger partial charge on any atom is 0.326 e. The molecule has 0 heterocycles. The van der Waals surface area contributed by atoms with Gasteiger partial charge in [0.1, 0.15) is 11.9 Å². The minimum absolute atomic E-state index is 0.228. The lowest BCUT2D eigenvalue weighted by molar-refractivity contribution is -0.141. The van der Waals surface area contributed by atoms with Crippen LogP contribution < -0.4 is 5.32 Å². The molecule has 1 rings (SSSR count). The Morgan fingerprint density at radius 2 is 2.00 bits per heavy atom. The predicted molar refractivity (Wildman–Crippen MR) is 71.6 cm³/mol. The van der Waals surface area contributed by atoms with Gasteiger partial charge >= 0.3 is 5.97 Å². The van der Waals surface area contributed by atoms with Gasteiger partial charge in [-0.3, -0.25) is 4.79 Å². The first-order chi connectivity index (χ1) is 9.02. The maximum atomic E-state index is 12.7. The van der Waals surface area contributed by atoms with Crippen LogP contribution in [-0.4, -0.2) is 28.8 Å². The maximum absolute atomic E-state index is 12.7. The first kappa shape index (κ1) is 15.5. The van der Waals surface area contributed by atoms with Crippen molar-refractivity contribution in [2.45, 2.75) is 30.7 Å². The molecule has 1 aromatic rings. The van der Waals surface area contributed by atoms with Gasteiger partial charge in [-0.1, -0.05) is 6.92 Å². The van der Waals surface area contributed by atoms with Crippen LogP contribution >= 0.6 is 11.8 Å². The first-order valence-corrected chi connectivity index (χ1v) is 6.92. The molecule has 0 aliphatic carbocycles. The van der Waals surface area contributed by atoms with Crippen molar-refractivity contribution >= 4 is 23.6 Å². The third kappa shape index (κ3) is 5.74. The van der Waals surface area contributed by atoms with Crippen molar-refractivity contribution in [1.29, 1.82) is 0 Å². The molecule has 0 aliphatic heterocycles. The van der Waals surface area contributed by atoms with Gasteiger partial charge in [-0.25, -0.2) is 9.18 Å². The summed E-state index contributed by atoms with van der Waals surface area (Å²) >= 11 is 1.43. The van der Waals surface area contributed by atoms with Crippen LogP contribution in [0, 0.1) is 5.82 Å². The minimum atomic E-state index is -1.03.